The number of hydrogen-bond acceptors (Lipinski definition) is 5. The Kier molecular flexibility index (Phi) is 4.53. The van der Waals surface area contributed by atoms with Crippen LogP contribution in [0.15, 0.2) is 10.6 Å². The molecule has 0 atom stereocenters. The van der Waals surface area contributed by atoms with Gasteiger partial charge in [-0.15, -0.1) is 0 Å². The predicted molar refractivity (Wildman–Crippen MR) is 64.6 cm³/mol. The fraction of sp³-hybridized carbons (Fsp3) is 0.750. The SMILES string of the molecule is CNCc1cc(CN(C)C2CCOCC2)on1. The Labute approximate surface area is 102 Å². The Morgan fingerprint density at radius 2 is 2.24 bits per heavy atom. The average Bonchev–Trinajstić information content (AvgIpc) is 2.78. The topological polar surface area (TPSA) is 50.5 Å². The van der Waals surface area contributed by atoms with Crippen LogP contribution in [0.5, 0.6) is 0 Å². The first-order valence-corrected chi connectivity index (χ1v) is 6.16. The summed E-state index contributed by atoms with van der Waals surface area (Å²) in [5.74, 6) is 0.934. The minimum Gasteiger partial charge on any atom is -0.381 e. The summed E-state index contributed by atoms with van der Waals surface area (Å²) in [6.45, 7) is 3.32. The van der Waals surface area contributed by atoms with Crippen LogP contribution in [0.2, 0.25) is 0 Å². The molecule has 1 aliphatic heterocycles. The standard InChI is InChI=1S/C12H21N3O2/c1-13-8-10-7-12(17-14-10)9-15(2)11-3-5-16-6-4-11/h7,11,13H,3-6,8-9H2,1-2H3. The van der Waals surface area contributed by atoms with E-state index in [1.807, 2.05) is 13.1 Å². The second-order valence-corrected chi connectivity index (χ2v) is 4.57. The summed E-state index contributed by atoms with van der Waals surface area (Å²) in [6.07, 6.45) is 2.21. The fourth-order valence-corrected chi connectivity index (χ4v) is 2.20. The van der Waals surface area contributed by atoms with Crippen LogP contribution in [0.3, 0.4) is 0 Å². The van der Waals surface area contributed by atoms with Crippen molar-refractivity contribution in [3.8, 4) is 0 Å². The van der Waals surface area contributed by atoms with E-state index in [1.165, 1.54) is 0 Å². The van der Waals surface area contributed by atoms with Gasteiger partial charge in [0.1, 0.15) is 0 Å². The molecule has 0 aromatic carbocycles. The molecule has 17 heavy (non-hydrogen) atoms. The van der Waals surface area contributed by atoms with E-state index in [1.54, 1.807) is 0 Å². The molecule has 1 N–H and O–H groups in total. The molecule has 5 nitrogen and oxygen atoms in total. The molecule has 0 spiro atoms. The molecule has 0 amide bonds. The van der Waals surface area contributed by atoms with Crippen molar-refractivity contribution < 1.29 is 9.26 Å². The number of nitrogens with one attached hydrogen (secondary N) is 1. The third kappa shape index (κ3) is 3.52. The van der Waals surface area contributed by atoms with Crippen molar-refractivity contribution in [2.24, 2.45) is 0 Å². The molecule has 1 fully saturated rings. The van der Waals surface area contributed by atoms with Gasteiger partial charge >= 0.3 is 0 Å². The molecule has 0 unspecified atom stereocenters. The van der Waals surface area contributed by atoms with Gasteiger partial charge in [-0.3, -0.25) is 4.90 Å². The van der Waals surface area contributed by atoms with Crippen LogP contribution in [0, 0.1) is 0 Å². The van der Waals surface area contributed by atoms with Crippen LogP contribution in [0.1, 0.15) is 24.3 Å². The van der Waals surface area contributed by atoms with Crippen molar-refractivity contribution in [2.45, 2.75) is 32.0 Å². The van der Waals surface area contributed by atoms with E-state index in [-0.39, 0.29) is 0 Å². The van der Waals surface area contributed by atoms with Crippen molar-refractivity contribution in [2.75, 3.05) is 27.3 Å². The molecule has 0 aliphatic carbocycles. The smallest absolute Gasteiger partial charge is 0.151 e. The highest BCUT2D eigenvalue weighted by atomic mass is 16.5. The van der Waals surface area contributed by atoms with Crippen LogP contribution in [-0.2, 0) is 17.8 Å². The Morgan fingerprint density at radius 1 is 1.47 bits per heavy atom. The van der Waals surface area contributed by atoms with Crippen molar-refractivity contribution in [3.05, 3.63) is 17.5 Å². The van der Waals surface area contributed by atoms with Gasteiger partial charge in [0.05, 0.1) is 12.2 Å². The number of nitrogens with zero attached hydrogens (tertiary/aromatic N) is 2. The highest BCUT2D eigenvalue weighted by Crippen LogP contribution is 2.16. The molecule has 0 radical (unpaired) electrons. The van der Waals surface area contributed by atoms with Crippen molar-refractivity contribution in [1.82, 2.24) is 15.4 Å². The number of aromatic nitrogens is 1. The van der Waals surface area contributed by atoms with Gasteiger partial charge in [-0.1, -0.05) is 5.16 Å². The van der Waals surface area contributed by atoms with Crippen molar-refractivity contribution in [1.29, 1.82) is 0 Å². The van der Waals surface area contributed by atoms with Gasteiger partial charge in [0.25, 0.3) is 0 Å². The number of ether oxygens (including phenoxy) is 1. The summed E-state index contributed by atoms with van der Waals surface area (Å²) in [6, 6.07) is 2.62. The second kappa shape index (κ2) is 6.14. The molecule has 0 bridgehead atoms. The summed E-state index contributed by atoms with van der Waals surface area (Å²) in [4.78, 5) is 2.33. The van der Waals surface area contributed by atoms with Gasteiger partial charge in [-0.2, -0.15) is 0 Å². The second-order valence-electron chi connectivity index (χ2n) is 4.57. The van der Waals surface area contributed by atoms with Crippen LogP contribution >= 0.6 is 0 Å². The van der Waals surface area contributed by atoms with Crippen molar-refractivity contribution in [3.63, 3.8) is 0 Å². The van der Waals surface area contributed by atoms with Gasteiger partial charge in [-0.25, -0.2) is 0 Å². The van der Waals surface area contributed by atoms with E-state index in [4.69, 9.17) is 9.26 Å². The molecule has 1 aromatic heterocycles. The lowest BCUT2D eigenvalue weighted by atomic mass is 10.1. The quantitative estimate of drug-likeness (QED) is 0.831. The van der Waals surface area contributed by atoms with Gasteiger partial charge in [0.2, 0.25) is 0 Å². The zero-order valence-electron chi connectivity index (χ0n) is 10.6. The van der Waals surface area contributed by atoms with E-state index in [0.717, 1.165) is 50.6 Å². The van der Waals surface area contributed by atoms with Gasteiger partial charge in [0, 0.05) is 31.9 Å². The maximum atomic E-state index is 5.37. The number of hydrogen-bond donors (Lipinski definition) is 1. The molecule has 1 aromatic rings. The molecule has 2 heterocycles. The maximum Gasteiger partial charge on any atom is 0.151 e. The molecule has 1 saturated heterocycles. The van der Waals surface area contributed by atoms with Crippen molar-refractivity contribution >= 4 is 0 Å². The molecule has 0 saturated carbocycles. The Hall–Kier alpha value is -0.910. The zero-order valence-corrected chi connectivity index (χ0v) is 10.6. The lowest BCUT2D eigenvalue weighted by molar-refractivity contribution is 0.0381. The molecular weight excluding hydrogens is 218 g/mol. The first-order valence-electron chi connectivity index (χ1n) is 6.16. The van der Waals surface area contributed by atoms with E-state index in [0.29, 0.717) is 6.04 Å². The maximum absolute atomic E-state index is 5.37. The minimum absolute atomic E-state index is 0.599. The summed E-state index contributed by atoms with van der Waals surface area (Å²) in [5.41, 5.74) is 0.961. The fourth-order valence-electron chi connectivity index (χ4n) is 2.20. The first kappa shape index (κ1) is 12.5. The highest BCUT2D eigenvalue weighted by Gasteiger charge is 2.19. The Balaban J connectivity index is 1.85. The molecule has 5 heteroatoms. The third-order valence-corrected chi connectivity index (χ3v) is 3.19. The Morgan fingerprint density at radius 3 is 2.94 bits per heavy atom. The Bertz CT molecular complexity index is 334. The average molecular weight is 239 g/mol. The lowest BCUT2D eigenvalue weighted by Gasteiger charge is -2.30. The molecule has 96 valence electrons. The number of rotatable bonds is 5. The third-order valence-electron chi connectivity index (χ3n) is 3.19. The zero-order chi connectivity index (χ0) is 12.1. The summed E-state index contributed by atoms with van der Waals surface area (Å²) >= 11 is 0. The molecule has 2 rings (SSSR count). The van der Waals surface area contributed by atoms with Crippen LogP contribution < -0.4 is 5.32 Å². The molecule has 1 aliphatic rings. The first-order chi connectivity index (χ1) is 8.29. The van der Waals surface area contributed by atoms with Gasteiger partial charge < -0.3 is 14.6 Å². The van der Waals surface area contributed by atoms with E-state index >= 15 is 0 Å². The normalized spacial score (nSPS) is 17.8. The van der Waals surface area contributed by atoms with E-state index in [9.17, 15) is 0 Å². The summed E-state index contributed by atoms with van der Waals surface area (Å²) in [7, 11) is 4.04. The van der Waals surface area contributed by atoms with Gasteiger partial charge in [-0.05, 0) is 26.9 Å². The van der Waals surface area contributed by atoms with Gasteiger partial charge in [0.15, 0.2) is 5.76 Å². The van der Waals surface area contributed by atoms with E-state index in [2.05, 4.69) is 22.4 Å². The van der Waals surface area contributed by atoms with E-state index < -0.39 is 0 Å². The molecular formula is C12H21N3O2. The van der Waals surface area contributed by atoms with Crippen LogP contribution in [0.4, 0.5) is 0 Å². The van der Waals surface area contributed by atoms with Crippen LogP contribution in [0.25, 0.3) is 0 Å². The predicted octanol–water partition coefficient (Wildman–Crippen LogP) is 1.00. The summed E-state index contributed by atoms with van der Waals surface area (Å²) in [5, 5.41) is 7.08. The monoisotopic (exact) mass is 239 g/mol. The lowest BCUT2D eigenvalue weighted by Crippen LogP contribution is -2.36. The minimum atomic E-state index is 0.599. The highest BCUT2D eigenvalue weighted by molar-refractivity contribution is 5.05. The summed E-state index contributed by atoms with van der Waals surface area (Å²) < 4.78 is 10.7. The van der Waals surface area contributed by atoms with Crippen LogP contribution in [-0.4, -0.2) is 43.4 Å². The largest absolute Gasteiger partial charge is 0.381 e.